The Morgan fingerprint density at radius 3 is 2.47 bits per heavy atom. The van der Waals surface area contributed by atoms with Gasteiger partial charge in [0.1, 0.15) is 6.04 Å². The summed E-state index contributed by atoms with van der Waals surface area (Å²) in [5.74, 6) is 0.949. The maximum atomic E-state index is 13.3. The highest BCUT2D eigenvalue weighted by molar-refractivity contribution is 5.95. The molecule has 2 fully saturated rings. The van der Waals surface area contributed by atoms with Crippen LogP contribution in [0.25, 0.3) is 0 Å². The van der Waals surface area contributed by atoms with E-state index in [0.717, 1.165) is 51.6 Å². The summed E-state index contributed by atoms with van der Waals surface area (Å²) in [6.45, 7) is 4.35. The zero-order chi connectivity index (χ0) is 20.9. The van der Waals surface area contributed by atoms with Gasteiger partial charge in [0.2, 0.25) is 5.91 Å². The van der Waals surface area contributed by atoms with E-state index in [0.29, 0.717) is 18.2 Å². The Hall–Kier alpha value is -2.56. The van der Waals surface area contributed by atoms with E-state index in [2.05, 4.69) is 31.2 Å². The van der Waals surface area contributed by atoms with E-state index in [1.807, 2.05) is 4.90 Å². The number of hydrogen-bond acceptors (Lipinski definition) is 3. The molecule has 0 aliphatic carbocycles. The minimum absolute atomic E-state index is 0.117. The summed E-state index contributed by atoms with van der Waals surface area (Å²) >= 11 is 0. The average Bonchev–Trinajstić information content (AvgIpc) is 3.33. The fourth-order valence-corrected chi connectivity index (χ4v) is 4.75. The molecule has 2 aliphatic heterocycles. The van der Waals surface area contributed by atoms with Crippen LogP contribution in [0.2, 0.25) is 0 Å². The fourth-order valence-electron chi connectivity index (χ4n) is 4.75. The molecule has 1 aromatic heterocycles. The number of amides is 2. The smallest absolute Gasteiger partial charge is 0.290 e. The number of likely N-dealkylation sites (tertiary alicyclic amines) is 2. The summed E-state index contributed by atoms with van der Waals surface area (Å²) in [4.78, 5) is 29.8. The van der Waals surface area contributed by atoms with Crippen LogP contribution in [0.3, 0.4) is 0 Å². The van der Waals surface area contributed by atoms with Crippen molar-refractivity contribution in [2.24, 2.45) is 5.92 Å². The number of hydrogen-bond donors (Lipinski definition) is 0. The Morgan fingerprint density at radius 1 is 1.00 bits per heavy atom. The zero-order valence-electron chi connectivity index (χ0n) is 17.9. The third kappa shape index (κ3) is 4.77. The number of nitrogens with zero attached hydrogens (tertiary/aromatic N) is 2. The number of carbonyl (C=O) groups is 2. The standard InChI is InChI=1S/C25H32N2O3/c1-19-7-9-20(10-8-19)11-12-21-13-16-26(17-14-21)24(28)22-5-2-3-15-27(22)25(29)23-6-4-18-30-23/h4,6-10,18,21-22H,2-3,5,11-17H2,1H3. The molecule has 0 saturated carbocycles. The van der Waals surface area contributed by atoms with Crippen LogP contribution in [0, 0.1) is 12.8 Å². The maximum absolute atomic E-state index is 13.3. The SMILES string of the molecule is Cc1ccc(CCC2CCN(C(=O)C3CCCCN3C(=O)c3ccco3)CC2)cc1. The van der Waals surface area contributed by atoms with Crippen molar-refractivity contribution in [3.05, 3.63) is 59.5 Å². The molecule has 0 N–H and O–H groups in total. The number of furan rings is 1. The molecular weight excluding hydrogens is 376 g/mol. The molecule has 2 amide bonds. The number of benzene rings is 1. The summed E-state index contributed by atoms with van der Waals surface area (Å²) in [6, 6.07) is 11.9. The van der Waals surface area contributed by atoms with E-state index in [1.165, 1.54) is 23.8 Å². The van der Waals surface area contributed by atoms with E-state index in [1.54, 1.807) is 17.0 Å². The van der Waals surface area contributed by atoms with Gasteiger partial charge >= 0.3 is 0 Å². The van der Waals surface area contributed by atoms with Gasteiger partial charge in [-0.25, -0.2) is 0 Å². The summed E-state index contributed by atoms with van der Waals surface area (Å²) in [6.07, 6.45) is 8.58. The normalized spacial score (nSPS) is 20.4. The molecule has 2 saturated heterocycles. The first-order valence-corrected chi connectivity index (χ1v) is 11.3. The van der Waals surface area contributed by atoms with Crippen molar-refractivity contribution in [1.82, 2.24) is 9.80 Å². The lowest BCUT2D eigenvalue weighted by molar-refractivity contribution is -0.138. The van der Waals surface area contributed by atoms with Gasteiger partial charge in [-0.05, 0) is 75.5 Å². The van der Waals surface area contributed by atoms with Crippen molar-refractivity contribution in [2.75, 3.05) is 19.6 Å². The molecule has 30 heavy (non-hydrogen) atoms. The lowest BCUT2D eigenvalue weighted by Gasteiger charge is -2.39. The van der Waals surface area contributed by atoms with E-state index in [9.17, 15) is 9.59 Å². The van der Waals surface area contributed by atoms with Gasteiger partial charge in [-0.3, -0.25) is 9.59 Å². The Bertz CT molecular complexity index is 836. The molecule has 0 radical (unpaired) electrons. The first-order valence-electron chi connectivity index (χ1n) is 11.3. The molecule has 5 nitrogen and oxygen atoms in total. The van der Waals surface area contributed by atoms with Gasteiger partial charge in [0.05, 0.1) is 6.26 Å². The fraction of sp³-hybridized carbons (Fsp3) is 0.520. The van der Waals surface area contributed by atoms with E-state index < -0.39 is 0 Å². The van der Waals surface area contributed by atoms with Crippen molar-refractivity contribution in [1.29, 1.82) is 0 Å². The van der Waals surface area contributed by atoms with Crippen LogP contribution >= 0.6 is 0 Å². The van der Waals surface area contributed by atoms with Gasteiger partial charge in [0.15, 0.2) is 5.76 Å². The monoisotopic (exact) mass is 408 g/mol. The Balaban J connectivity index is 1.30. The third-order valence-electron chi connectivity index (χ3n) is 6.67. The van der Waals surface area contributed by atoms with Crippen molar-refractivity contribution >= 4 is 11.8 Å². The Labute approximate surface area is 179 Å². The number of aryl methyl sites for hydroxylation is 2. The van der Waals surface area contributed by atoms with Crippen molar-refractivity contribution in [2.45, 2.75) is 57.9 Å². The van der Waals surface area contributed by atoms with E-state index in [-0.39, 0.29) is 17.9 Å². The maximum Gasteiger partial charge on any atom is 0.290 e. The quantitative estimate of drug-likeness (QED) is 0.734. The molecule has 2 aromatic rings. The lowest BCUT2D eigenvalue weighted by Crippen LogP contribution is -2.54. The molecule has 0 spiro atoms. The highest BCUT2D eigenvalue weighted by Crippen LogP contribution is 2.26. The molecule has 0 bridgehead atoms. The molecule has 1 aromatic carbocycles. The van der Waals surface area contributed by atoms with Gasteiger partial charge in [-0.2, -0.15) is 0 Å². The predicted octanol–water partition coefficient (Wildman–Crippen LogP) is 4.45. The minimum atomic E-state index is -0.347. The zero-order valence-corrected chi connectivity index (χ0v) is 17.9. The Kier molecular flexibility index (Phi) is 6.56. The average molecular weight is 409 g/mol. The van der Waals surface area contributed by atoms with Crippen LogP contribution in [-0.4, -0.2) is 47.3 Å². The first-order chi connectivity index (χ1) is 14.6. The van der Waals surface area contributed by atoms with Crippen LogP contribution in [-0.2, 0) is 11.2 Å². The molecule has 3 heterocycles. The van der Waals surface area contributed by atoms with E-state index in [4.69, 9.17) is 4.42 Å². The number of rotatable bonds is 5. The van der Waals surface area contributed by atoms with Crippen molar-refractivity contribution < 1.29 is 14.0 Å². The van der Waals surface area contributed by atoms with Crippen LogP contribution in [0.1, 0.15) is 60.2 Å². The summed E-state index contributed by atoms with van der Waals surface area (Å²) < 4.78 is 5.29. The lowest BCUT2D eigenvalue weighted by atomic mass is 9.89. The van der Waals surface area contributed by atoms with Gasteiger partial charge < -0.3 is 14.2 Å². The second kappa shape index (κ2) is 9.50. The van der Waals surface area contributed by atoms with E-state index >= 15 is 0 Å². The second-order valence-corrected chi connectivity index (χ2v) is 8.78. The molecule has 160 valence electrons. The molecule has 1 atom stereocenters. The molecular formula is C25H32N2O3. The highest BCUT2D eigenvalue weighted by atomic mass is 16.3. The number of piperidine rings is 2. The third-order valence-corrected chi connectivity index (χ3v) is 6.67. The van der Waals surface area contributed by atoms with Crippen molar-refractivity contribution in [3.8, 4) is 0 Å². The predicted molar refractivity (Wildman–Crippen MR) is 116 cm³/mol. The first kappa shape index (κ1) is 20.7. The molecule has 1 unspecified atom stereocenters. The molecule has 4 rings (SSSR count). The Morgan fingerprint density at radius 2 is 1.77 bits per heavy atom. The minimum Gasteiger partial charge on any atom is -0.459 e. The summed E-state index contributed by atoms with van der Waals surface area (Å²) in [5.41, 5.74) is 2.70. The van der Waals surface area contributed by atoms with Crippen LogP contribution in [0.4, 0.5) is 0 Å². The van der Waals surface area contributed by atoms with Gasteiger partial charge in [-0.1, -0.05) is 29.8 Å². The second-order valence-electron chi connectivity index (χ2n) is 8.78. The van der Waals surface area contributed by atoms with Gasteiger partial charge in [0, 0.05) is 19.6 Å². The summed E-state index contributed by atoms with van der Waals surface area (Å²) in [5, 5.41) is 0. The highest BCUT2D eigenvalue weighted by Gasteiger charge is 2.37. The molecule has 2 aliphatic rings. The largest absolute Gasteiger partial charge is 0.459 e. The van der Waals surface area contributed by atoms with Crippen LogP contribution in [0.5, 0.6) is 0 Å². The van der Waals surface area contributed by atoms with Crippen LogP contribution < -0.4 is 0 Å². The topological polar surface area (TPSA) is 53.8 Å². The van der Waals surface area contributed by atoms with Crippen LogP contribution in [0.15, 0.2) is 47.1 Å². The molecule has 5 heteroatoms. The number of carbonyl (C=O) groups excluding carboxylic acids is 2. The van der Waals surface area contributed by atoms with Gasteiger partial charge in [-0.15, -0.1) is 0 Å². The summed E-state index contributed by atoms with van der Waals surface area (Å²) in [7, 11) is 0. The van der Waals surface area contributed by atoms with Crippen molar-refractivity contribution in [3.63, 3.8) is 0 Å². The van der Waals surface area contributed by atoms with Gasteiger partial charge in [0.25, 0.3) is 5.91 Å².